The molecule has 0 saturated carbocycles. The third-order valence-corrected chi connectivity index (χ3v) is 5.44. The van der Waals surface area contributed by atoms with Gasteiger partial charge in [0.2, 0.25) is 0 Å². The molecule has 0 aliphatic heterocycles. The molecule has 1 aromatic carbocycles. The third-order valence-electron chi connectivity index (χ3n) is 5.44. The Hall–Kier alpha value is -3.84. The first-order chi connectivity index (χ1) is 15.8. The highest BCUT2D eigenvalue weighted by molar-refractivity contribution is 6.01. The van der Waals surface area contributed by atoms with Gasteiger partial charge in [-0.05, 0) is 62.5 Å². The average molecular weight is 444 g/mol. The van der Waals surface area contributed by atoms with Crippen LogP contribution in [0.4, 0.5) is 10.1 Å². The lowest BCUT2D eigenvalue weighted by Crippen LogP contribution is -2.25. The topological polar surface area (TPSA) is 65.1 Å². The van der Waals surface area contributed by atoms with E-state index in [1.165, 1.54) is 17.0 Å². The number of hydrogen-bond acceptors (Lipinski definition) is 4. The smallest absolute Gasteiger partial charge is 0.250 e. The van der Waals surface area contributed by atoms with Crippen molar-refractivity contribution in [1.82, 2.24) is 19.9 Å². The second kappa shape index (κ2) is 9.34. The minimum Gasteiger partial charge on any atom is -0.346 e. The van der Waals surface area contributed by atoms with Gasteiger partial charge in [-0.1, -0.05) is 12.1 Å². The third kappa shape index (κ3) is 4.83. The summed E-state index contributed by atoms with van der Waals surface area (Å²) in [5, 5.41) is 0.958. The first-order valence-electron chi connectivity index (χ1n) is 10.6. The van der Waals surface area contributed by atoms with Crippen molar-refractivity contribution in [3.05, 3.63) is 78.7 Å². The number of halogens is 1. The first-order valence-corrected chi connectivity index (χ1v) is 10.6. The number of fused-ring (bicyclic) bond motifs is 1. The van der Waals surface area contributed by atoms with Crippen molar-refractivity contribution >= 4 is 22.6 Å². The maximum Gasteiger partial charge on any atom is 0.250 e. The molecule has 7 heteroatoms. The molecular weight excluding hydrogens is 417 g/mol. The van der Waals surface area contributed by atoms with E-state index in [1.807, 2.05) is 50.3 Å². The molecule has 0 aliphatic rings. The van der Waals surface area contributed by atoms with Gasteiger partial charge in [0.25, 0.3) is 5.91 Å². The quantitative estimate of drug-likeness (QED) is 0.434. The van der Waals surface area contributed by atoms with Crippen molar-refractivity contribution in [2.75, 3.05) is 32.6 Å². The predicted octanol–water partition coefficient (Wildman–Crippen LogP) is 4.82. The van der Waals surface area contributed by atoms with E-state index >= 15 is 0 Å². The van der Waals surface area contributed by atoms with Crippen LogP contribution in [0.2, 0.25) is 0 Å². The Morgan fingerprint density at radius 2 is 1.88 bits per heavy atom. The molecule has 0 unspecified atom stereocenters. The number of H-pyrrole nitrogens is 1. The van der Waals surface area contributed by atoms with E-state index in [1.54, 1.807) is 37.7 Å². The van der Waals surface area contributed by atoms with Gasteiger partial charge in [-0.3, -0.25) is 9.78 Å². The number of benzene rings is 1. The zero-order chi connectivity index (χ0) is 23.5. The number of pyridine rings is 2. The number of carbonyl (C=O) groups is 1. The van der Waals surface area contributed by atoms with Crippen LogP contribution in [0.25, 0.3) is 33.3 Å². The van der Waals surface area contributed by atoms with Crippen LogP contribution in [0.1, 0.15) is 5.69 Å². The Kier molecular flexibility index (Phi) is 6.33. The van der Waals surface area contributed by atoms with Gasteiger partial charge in [0.1, 0.15) is 11.5 Å². The Bertz CT molecular complexity index is 1340. The fraction of sp³-hybridized carbons (Fsp3) is 0.192. The summed E-state index contributed by atoms with van der Waals surface area (Å²) in [7, 11) is 5.40. The van der Waals surface area contributed by atoms with Gasteiger partial charge in [0, 0.05) is 60.5 Å². The molecular formula is C26H26FN5O. The Balaban J connectivity index is 1.69. The lowest BCUT2D eigenvalue weighted by molar-refractivity contribution is -0.113. The second-order valence-corrected chi connectivity index (χ2v) is 8.24. The first kappa shape index (κ1) is 22.4. The fourth-order valence-corrected chi connectivity index (χ4v) is 3.66. The van der Waals surface area contributed by atoms with Crippen LogP contribution < -0.4 is 4.90 Å². The van der Waals surface area contributed by atoms with Crippen LogP contribution in [-0.2, 0) is 4.79 Å². The number of carbonyl (C=O) groups excluding carboxylic acids is 1. The average Bonchev–Trinajstić information content (AvgIpc) is 3.22. The van der Waals surface area contributed by atoms with E-state index in [9.17, 15) is 9.18 Å². The fourth-order valence-electron chi connectivity index (χ4n) is 3.66. The van der Waals surface area contributed by atoms with Crippen LogP contribution in [0, 0.1) is 12.7 Å². The van der Waals surface area contributed by atoms with Crippen LogP contribution >= 0.6 is 0 Å². The zero-order valence-electron chi connectivity index (χ0n) is 19.1. The molecule has 0 saturated heterocycles. The van der Waals surface area contributed by atoms with Crippen molar-refractivity contribution in [3.63, 3.8) is 0 Å². The van der Waals surface area contributed by atoms with Gasteiger partial charge in [0.05, 0.1) is 5.69 Å². The SMILES string of the molecule is Cc1cc(-c2c[nH]c3ncc(-c4ccc(F)c(N(C)C(=O)/C=C/CN(C)C)c4)cc23)ccn1. The summed E-state index contributed by atoms with van der Waals surface area (Å²) in [6.07, 6.45) is 8.68. The van der Waals surface area contributed by atoms with Crippen LogP contribution in [0.5, 0.6) is 0 Å². The summed E-state index contributed by atoms with van der Waals surface area (Å²) in [4.78, 5) is 27.8. The summed E-state index contributed by atoms with van der Waals surface area (Å²) < 4.78 is 14.6. The number of amides is 1. The molecule has 0 atom stereocenters. The van der Waals surface area contributed by atoms with E-state index < -0.39 is 5.82 Å². The van der Waals surface area contributed by atoms with Crippen molar-refractivity contribution in [3.8, 4) is 22.3 Å². The van der Waals surface area contributed by atoms with Crippen LogP contribution in [-0.4, -0.2) is 53.4 Å². The number of aromatic nitrogens is 3. The Morgan fingerprint density at radius 3 is 2.64 bits per heavy atom. The van der Waals surface area contributed by atoms with E-state index in [4.69, 9.17) is 0 Å². The van der Waals surface area contributed by atoms with E-state index in [0.29, 0.717) is 6.54 Å². The molecule has 6 nitrogen and oxygen atoms in total. The molecule has 4 rings (SSSR count). The molecule has 168 valence electrons. The van der Waals surface area contributed by atoms with Gasteiger partial charge in [-0.25, -0.2) is 9.37 Å². The lowest BCUT2D eigenvalue weighted by Gasteiger charge is -2.17. The van der Waals surface area contributed by atoms with Gasteiger partial charge >= 0.3 is 0 Å². The molecule has 3 aromatic heterocycles. The maximum atomic E-state index is 14.6. The standard InChI is InChI=1S/C26H26FN5O/c1-17-12-19(9-10-28-17)22-16-30-26-21(22)13-20(15-29-26)18-7-8-23(27)24(14-18)32(4)25(33)6-5-11-31(2)3/h5-10,12-16H,11H2,1-4H3,(H,29,30)/b6-5+. The highest BCUT2D eigenvalue weighted by atomic mass is 19.1. The highest BCUT2D eigenvalue weighted by Gasteiger charge is 2.15. The molecule has 4 aromatic rings. The minimum absolute atomic E-state index is 0.214. The molecule has 0 bridgehead atoms. The van der Waals surface area contributed by atoms with Gasteiger partial charge in [-0.2, -0.15) is 0 Å². The molecule has 0 spiro atoms. The summed E-state index contributed by atoms with van der Waals surface area (Å²) in [5.41, 5.74) is 5.58. The van der Waals surface area contributed by atoms with Crippen molar-refractivity contribution < 1.29 is 9.18 Å². The van der Waals surface area contributed by atoms with Crippen molar-refractivity contribution in [2.24, 2.45) is 0 Å². The Labute approximate surface area is 192 Å². The zero-order valence-corrected chi connectivity index (χ0v) is 19.1. The summed E-state index contributed by atoms with van der Waals surface area (Å²) in [6, 6.07) is 10.8. The van der Waals surface area contributed by atoms with Gasteiger partial charge < -0.3 is 14.8 Å². The number of nitrogens with zero attached hydrogens (tertiary/aromatic N) is 4. The largest absolute Gasteiger partial charge is 0.346 e. The van der Waals surface area contributed by atoms with Gasteiger partial charge in [0.15, 0.2) is 0 Å². The highest BCUT2D eigenvalue weighted by Crippen LogP contribution is 2.32. The van der Waals surface area contributed by atoms with Crippen molar-refractivity contribution in [1.29, 1.82) is 0 Å². The molecule has 1 N–H and O–H groups in total. The number of hydrogen-bond donors (Lipinski definition) is 1. The van der Waals surface area contributed by atoms with Crippen LogP contribution in [0.3, 0.4) is 0 Å². The molecule has 0 fully saturated rings. The normalized spacial score (nSPS) is 11.6. The van der Waals surface area contributed by atoms with E-state index in [0.717, 1.165) is 39.0 Å². The minimum atomic E-state index is -0.459. The molecule has 1 amide bonds. The molecule has 0 aliphatic carbocycles. The molecule has 33 heavy (non-hydrogen) atoms. The van der Waals surface area contributed by atoms with Gasteiger partial charge in [-0.15, -0.1) is 0 Å². The monoisotopic (exact) mass is 443 g/mol. The number of anilines is 1. The van der Waals surface area contributed by atoms with Crippen LogP contribution in [0.15, 0.2) is 67.1 Å². The summed E-state index contributed by atoms with van der Waals surface area (Å²) in [6.45, 7) is 2.58. The second-order valence-electron chi connectivity index (χ2n) is 8.24. The number of aryl methyl sites for hydroxylation is 1. The number of nitrogens with one attached hydrogen (secondary N) is 1. The molecule has 0 radical (unpaired) electrons. The predicted molar refractivity (Wildman–Crippen MR) is 131 cm³/mol. The Morgan fingerprint density at radius 1 is 1.06 bits per heavy atom. The van der Waals surface area contributed by atoms with Crippen molar-refractivity contribution in [2.45, 2.75) is 6.92 Å². The summed E-state index contributed by atoms with van der Waals surface area (Å²) >= 11 is 0. The van der Waals surface area contributed by atoms with E-state index in [2.05, 4.69) is 15.0 Å². The number of rotatable bonds is 6. The lowest BCUT2D eigenvalue weighted by atomic mass is 10.0. The number of likely N-dealkylation sites (N-methyl/N-ethyl adjacent to an activating group) is 2. The van der Waals surface area contributed by atoms with E-state index in [-0.39, 0.29) is 11.6 Å². The summed E-state index contributed by atoms with van der Waals surface area (Å²) in [5.74, 6) is -0.748. The molecule has 3 heterocycles. The number of aromatic amines is 1. The maximum absolute atomic E-state index is 14.6.